The molecule has 2 fully saturated rings. The molecule has 0 bridgehead atoms. The Hall–Kier alpha value is -1.67. The molecule has 8 heteroatoms. The van der Waals surface area contributed by atoms with E-state index in [1.807, 2.05) is 6.92 Å². The number of carbonyl (C=O) groups is 2. The van der Waals surface area contributed by atoms with Gasteiger partial charge in [-0.3, -0.25) is 9.59 Å². The summed E-state index contributed by atoms with van der Waals surface area (Å²) in [6.45, 7) is 3.77. The number of esters is 1. The first kappa shape index (κ1) is 18.1. The zero-order valence-electron chi connectivity index (χ0n) is 14.4. The second-order valence-corrected chi connectivity index (χ2v) is 7.44. The maximum atomic E-state index is 12.5. The Morgan fingerprint density at radius 1 is 1.52 bits per heavy atom. The number of rotatable bonds is 4. The summed E-state index contributed by atoms with van der Waals surface area (Å²) in [5.41, 5.74) is 0.708. The molecule has 0 saturated carbocycles. The lowest BCUT2D eigenvalue weighted by molar-refractivity contribution is -0.149. The first-order valence-corrected chi connectivity index (χ1v) is 9.15. The van der Waals surface area contributed by atoms with Crippen molar-refractivity contribution in [1.29, 1.82) is 0 Å². The second-order valence-electron chi connectivity index (χ2n) is 6.58. The summed E-state index contributed by atoms with van der Waals surface area (Å²) in [5, 5.41) is 6.09. The number of methoxy groups -OCH3 is 1. The Bertz CT molecular complexity index is 689. The van der Waals surface area contributed by atoms with Crippen LogP contribution in [-0.4, -0.2) is 49.7 Å². The lowest BCUT2D eigenvalue weighted by Crippen LogP contribution is -2.39. The van der Waals surface area contributed by atoms with Crippen LogP contribution in [0.25, 0.3) is 0 Å². The molecule has 1 aromatic heterocycles. The number of piperidine rings is 1. The van der Waals surface area contributed by atoms with Crippen molar-refractivity contribution in [3.63, 3.8) is 0 Å². The maximum Gasteiger partial charge on any atom is 0.312 e. The molecule has 3 rings (SSSR count). The normalized spacial score (nSPS) is 21.9. The number of ether oxygens (including phenoxy) is 2. The van der Waals surface area contributed by atoms with E-state index >= 15 is 0 Å². The highest BCUT2D eigenvalue weighted by Gasteiger charge is 2.49. The minimum atomic E-state index is -0.382. The van der Waals surface area contributed by atoms with Gasteiger partial charge in [-0.25, -0.2) is 4.98 Å². The van der Waals surface area contributed by atoms with Crippen LogP contribution in [0.3, 0.4) is 0 Å². The van der Waals surface area contributed by atoms with Crippen LogP contribution in [-0.2, 0) is 9.53 Å². The third-order valence-corrected chi connectivity index (χ3v) is 5.73. The fourth-order valence-corrected chi connectivity index (χ4v) is 3.76. The van der Waals surface area contributed by atoms with Gasteiger partial charge in [0, 0.05) is 10.9 Å². The molecule has 1 aromatic rings. The Labute approximate surface area is 155 Å². The Morgan fingerprint density at radius 3 is 2.92 bits per heavy atom. The molecule has 136 valence electrons. The molecule has 7 nitrogen and oxygen atoms in total. The number of hydrogen-bond donors (Lipinski definition) is 2. The zero-order chi connectivity index (χ0) is 18.0. The van der Waals surface area contributed by atoms with E-state index in [4.69, 9.17) is 9.47 Å². The van der Waals surface area contributed by atoms with E-state index in [9.17, 15) is 9.59 Å². The van der Waals surface area contributed by atoms with Crippen molar-refractivity contribution in [2.75, 3.05) is 26.7 Å². The summed E-state index contributed by atoms with van der Waals surface area (Å²) in [6.07, 6.45) is 1.95. The van der Waals surface area contributed by atoms with E-state index in [2.05, 4.69) is 31.5 Å². The number of aryl methyl sites for hydroxylation is 1. The van der Waals surface area contributed by atoms with Crippen molar-refractivity contribution in [3.05, 3.63) is 21.8 Å². The summed E-state index contributed by atoms with van der Waals surface area (Å²) >= 11 is 3.38. The fraction of sp³-hybridized carbons (Fsp3) is 0.588. The predicted molar refractivity (Wildman–Crippen MR) is 94.6 cm³/mol. The largest absolute Gasteiger partial charge is 0.480 e. The van der Waals surface area contributed by atoms with Gasteiger partial charge in [0.2, 0.25) is 5.88 Å². The molecule has 0 aliphatic carbocycles. The number of hydrogen-bond acceptors (Lipinski definition) is 6. The lowest BCUT2D eigenvalue weighted by atomic mass is 9.76. The van der Waals surface area contributed by atoms with Crippen molar-refractivity contribution >= 4 is 27.8 Å². The van der Waals surface area contributed by atoms with Crippen molar-refractivity contribution in [1.82, 2.24) is 15.6 Å². The first-order chi connectivity index (χ1) is 11.9. The standard InChI is InChI=1S/C17H22BrN3O4/c1-10-13(18)7-12(15(21-10)24-2)14(22)20-9-11-8-17(16(23)25-11)3-5-19-6-4-17/h7,11,19H,3-6,8-9H2,1-2H3,(H,20,22). The molecular formula is C17H22BrN3O4. The van der Waals surface area contributed by atoms with Gasteiger partial charge in [0.15, 0.2) is 0 Å². The Balaban J connectivity index is 1.63. The van der Waals surface area contributed by atoms with Crippen molar-refractivity contribution < 1.29 is 19.1 Å². The van der Waals surface area contributed by atoms with Gasteiger partial charge in [0.05, 0.1) is 24.8 Å². The highest BCUT2D eigenvalue weighted by atomic mass is 79.9. The molecule has 1 atom stereocenters. The topological polar surface area (TPSA) is 89.5 Å². The minimum Gasteiger partial charge on any atom is -0.480 e. The van der Waals surface area contributed by atoms with E-state index in [0.29, 0.717) is 12.0 Å². The van der Waals surface area contributed by atoms with Crippen molar-refractivity contribution in [2.24, 2.45) is 5.41 Å². The smallest absolute Gasteiger partial charge is 0.312 e. The maximum absolute atomic E-state index is 12.5. The van der Waals surface area contributed by atoms with E-state index in [1.54, 1.807) is 6.07 Å². The van der Waals surface area contributed by atoms with Crippen LogP contribution in [0.4, 0.5) is 0 Å². The van der Waals surface area contributed by atoms with Crippen LogP contribution >= 0.6 is 15.9 Å². The van der Waals surface area contributed by atoms with Crippen molar-refractivity contribution in [3.8, 4) is 5.88 Å². The summed E-state index contributed by atoms with van der Waals surface area (Å²) in [7, 11) is 1.48. The molecule has 25 heavy (non-hydrogen) atoms. The van der Waals surface area contributed by atoms with E-state index in [0.717, 1.165) is 36.1 Å². The SMILES string of the molecule is COc1nc(C)c(Br)cc1C(=O)NCC1CC2(CCNCC2)C(=O)O1. The number of halogens is 1. The highest BCUT2D eigenvalue weighted by Crippen LogP contribution is 2.41. The quantitative estimate of drug-likeness (QED) is 0.730. The molecule has 0 aromatic carbocycles. The molecule has 1 spiro atoms. The molecule has 2 aliphatic heterocycles. The van der Waals surface area contributed by atoms with Crippen LogP contribution in [0.15, 0.2) is 10.5 Å². The molecule has 2 N–H and O–H groups in total. The van der Waals surface area contributed by atoms with Crippen LogP contribution in [0.5, 0.6) is 5.88 Å². The van der Waals surface area contributed by atoms with E-state index < -0.39 is 0 Å². The van der Waals surface area contributed by atoms with Crippen molar-refractivity contribution in [2.45, 2.75) is 32.3 Å². The third-order valence-electron chi connectivity index (χ3n) is 4.93. The number of nitrogens with zero attached hydrogens (tertiary/aromatic N) is 1. The van der Waals surface area contributed by atoms with Gasteiger partial charge in [-0.05, 0) is 54.9 Å². The molecule has 0 radical (unpaired) electrons. The molecule has 2 aliphatic rings. The number of carbonyl (C=O) groups excluding carboxylic acids is 2. The highest BCUT2D eigenvalue weighted by molar-refractivity contribution is 9.10. The Morgan fingerprint density at radius 2 is 2.24 bits per heavy atom. The molecule has 2 saturated heterocycles. The van der Waals surface area contributed by atoms with E-state index in [1.165, 1.54) is 7.11 Å². The van der Waals surface area contributed by atoms with Gasteiger partial charge in [0.25, 0.3) is 5.91 Å². The summed E-state index contributed by atoms with van der Waals surface area (Å²) in [4.78, 5) is 29.0. The third kappa shape index (κ3) is 3.64. The number of nitrogens with one attached hydrogen (secondary N) is 2. The van der Waals surface area contributed by atoms with Crippen LogP contribution in [0.1, 0.15) is 35.3 Å². The Kier molecular flexibility index (Phi) is 5.29. The van der Waals surface area contributed by atoms with Gasteiger partial charge in [-0.15, -0.1) is 0 Å². The lowest BCUT2D eigenvalue weighted by Gasteiger charge is -2.29. The number of aromatic nitrogens is 1. The molecule has 3 heterocycles. The second kappa shape index (κ2) is 7.29. The van der Waals surface area contributed by atoms with Gasteiger partial charge < -0.3 is 20.1 Å². The first-order valence-electron chi connectivity index (χ1n) is 8.36. The predicted octanol–water partition coefficient (Wildman–Crippen LogP) is 1.58. The summed E-state index contributed by atoms with van der Waals surface area (Å²) < 4.78 is 11.4. The average molecular weight is 412 g/mol. The number of pyridine rings is 1. The number of amides is 1. The van der Waals surface area contributed by atoms with Gasteiger partial charge in [-0.1, -0.05) is 0 Å². The fourth-order valence-electron chi connectivity index (χ4n) is 3.44. The number of cyclic esters (lactones) is 1. The average Bonchev–Trinajstić information content (AvgIpc) is 2.90. The van der Waals surface area contributed by atoms with E-state index in [-0.39, 0.29) is 35.8 Å². The monoisotopic (exact) mass is 411 g/mol. The van der Waals surface area contributed by atoms with Gasteiger partial charge in [-0.2, -0.15) is 0 Å². The molecular weight excluding hydrogens is 390 g/mol. The summed E-state index contributed by atoms with van der Waals surface area (Å²) in [6, 6.07) is 1.69. The zero-order valence-corrected chi connectivity index (χ0v) is 15.9. The van der Waals surface area contributed by atoms with Crippen LogP contribution in [0.2, 0.25) is 0 Å². The summed E-state index contributed by atoms with van der Waals surface area (Å²) in [5.74, 6) is -0.158. The van der Waals surface area contributed by atoms with Gasteiger partial charge >= 0.3 is 5.97 Å². The minimum absolute atomic E-state index is 0.134. The van der Waals surface area contributed by atoms with Crippen LogP contribution < -0.4 is 15.4 Å². The van der Waals surface area contributed by atoms with Crippen LogP contribution in [0, 0.1) is 12.3 Å². The van der Waals surface area contributed by atoms with Gasteiger partial charge in [0.1, 0.15) is 11.7 Å². The molecule has 1 unspecified atom stereocenters. The molecule has 1 amide bonds.